The summed E-state index contributed by atoms with van der Waals surface area (Å²) in [6.07, 6.45) is 2.01. The van der Waals surface area contributed by atoms with E-state index in [1.54, 1.807) is 42.7 Å². The van der Waals surface area contributed by atoms with Crippen molar-refractivity contribution in [2.75, 3.05) is 19.0 Å². The van der Waals surface area contributed by atoms with Crippen LogP contribution in [-0.2, 0) is 9.59 Å². The maximum absolute atomic E-state index is 12.5. The second-order valence-corrected chi connectivity index (χ2v) is 8.03. The van der Waals surface area contributed by atoms with Crippen LogP contribution in [0.15, 0.2) is 46.7 Å². The van der Waals surface area contributed by atoms with E-state index >= 15 is 0 Å². The van der Waals surface area contributed by atoms with E-state index in [1.807, 2.05) is 23.6 Å². The highest BCUT2D eigenvalue weighted by molar-refractivity contribution is 8.26. The Morgan fingerprint density at radius 2 is 2.08 bits per heavy atom. The fourth-order valence-electron chi connectivity index (χ4n) is 2.31. The molecule has 0 atom stereocenters. The summed E-state index contributed by atoms with van der Waals surface area (Å²) in [4.78, 5) is 27.7. The van der Waals surface area contributed by atoms with Gasteiger partial charge in [0, 0.05) is 23.5 Å². The molecule has 5 nitrogen and oxygen atoms in total. The minimum Gasteiger partial charge on any atom is -0.497 e. The summed E-state index contributed by atoms with van der Waals surface area (Å²) in [7, 11) is 1.59. The SMILES string of the molecule is COc1ccc(NC(=O)CCN2C(=O)C(=Cc3cccs3)SC2=S)cc1. The minimum atomic E-state index is -0.175. The molecule has 26 heavy (non-hydrogen) atoms. The zero-order valence-electron chi connectivity index (χ0n) is 13.9. The summed E-state index contributed by atoms with van der Waals surface area (Å²) in [5.74, 6) is 0.398. The molecule has 1 aromatic heterocycles. The molecule has 8 heteroatoms. The fourth-order valence-corrected chi connectivity index (χ4v) is 4.34. The number of nitrogens with one attached hydrogen (secondary N) is 1. The quantitative estimate of drug-likeness (QED) is 0.583. The van der Waals surface area contributed by atoms with Crippen molar-refractivity contribution >= 4 is 63.2 Å². The maximum atomic E-state index is 12.5. The van der Waals surface area contributed by atoms with Crippen LogP contribution in [0.25, 0.3) is 6.08 Å². The average Bonchev–Trinajstić information content (AvgIpc) is 3.23. The Morgan fingerprint density at radius 3 is 2.73 bits per heavy atom. The normalized spacial score (nSPS) is 15.6. The Balaban J connectivity index is 1.56. The van der Waals surface area contributed by atoms with Crippen molar-refractivity contribution in [1.82, 2.24) is 4.90 Å². The zero-order valence-corrected chi connectivity index (χ0v) is 16.4. The van der Waals surface area contributed by atoms with Gasteiger partial charge in [0.2, 0.25) is 5.91 Å². The van der Waals surface area contributed by atoms with Crippen LogP contribution in [0.3, 0.4) is 0 Å². The van der Waals surface area contributed by atoms with E-state index in [-0.39, 0.29) is 24.8 Å². The third kappa shape index (κ3) is 4.51. The van der Waals surface area contributed by atoms with Crippen molar-refractivity contribution in [3.8, 4) is 5.75 Å². The molecule has 1 aliphatic heterocycles. The molecule has 1 saturated heterocycles. The largest absolute Gasteiger partial charge is 0.497 e. The first-order valence-electron chi connectivity index (χ1n) is 7.79. The number of thiocarbonyl (C=S) groups is 1. The molecule has 1 aromatic carbocycles. The van der Waals surface area contributed by atoms with E-state index in [0.717, 1.165) is 10.6 Å². The number of rotatable bonds is 6. The lowest BCUT2D eigenvalue weighted by molar-refractivity contribution is -0.122. The van der Waals surface area contributed by atoms with Gasteiger partial charge in [0.15, 0.2) is 0 Å². The Labute approximate surface area is 165 Å². The molecule has 0 unspecified atom stereocenters. The second-order valence-electron chi connectivity index (χ2n) is 5.38. The highest BCUT2D eigenvalue weighted by Gasteiger charge is 2.32. The van der Waals surface area contributed by atoms with Crippen molar-refractivity contribution in [3.63, 3.8) is 0 Å². The number of hydrogen-bond acceptors (Lipinski definition) is 6. The number of nitrogens with zero attached hydrogens (tertiary/aromatic N) is 1. The van der Waals surface area contributed by atoms with Gasteiger partial charge in [-0.15, -0.1) is 11.3 Å². The van der Waals surface area contributed by atoms with E-state index in [4.69, 9.17) is 17.0 Å². The summed E-state index contributed by atoms with van der Waals surface area (Å²) in [6.45, 7) is 0.258. The molecule has 0 bridgehead atoms. The standard InChI is InChI=1S/C18H16N2O3S3/c1-23-13-6-4-12(5-7-13)19-16(21)8-9-20-17(22)15(26-18(20)24)11-14-3-2-10-25-14/h2-7,10-11H,8-9H2,1H3,(H,19,21). The maximum Gasteiger partial charge on any atom is 0.266 e. The minimum absolute atomic E-state index is 0.148. The molecule has 1 fully saturated rings. The van der Waals surface area contributed by atoms with Crippen molar-refractivity contribution in [1.29, 1.82) is 0 Å². The number of carbonyl (C=O) groups excluding carboxylic acids is 2. The number of benzene rings is 1. The monoisotopic (exact) mass is 404 g/mol. The highest BCUT2D eigenvalue weighted by atomic mass is 32.2. The molecular formula is C18H16N2O3S3. The van der Waals surface area contributed by atoms with Crippen LogP contribution in [0.2, 0.25) is 0 Å². The third-order valence-electron chi connectivity index (χ3n) is 3.63. The summed E-state index contributed by atoms with van der Waals surface area (Å²) >= 11 is 8.11. The van der Waals surface area contributed by atoms with Crippen molar-refractivity contribution in [2.45, 2.75) is 6.42 Å². The van der Waals surface area contributed by atoms with E-state index < -0.39 is 0 Å². The predicted molar refractivity (Wildman–Crippen MR) is 110 cm³/mol. The van der Waals surface area contributed by atoms with Gasteiger partial charge in [-0.05, 0) is 41.8 Å². The smallest absolute Gasteiger partial charge is 0.266 e. The number of thioether (sulfide) groups is 1. The van der Waals surface area contributed by atoms with Crippen LogP contribution in [-0.4, -0.2) is 34.7 Å². The topological polar surface area (TPSA) is 58.6 Å². The Kier molecular flexibility index (Phi) is 6.08. The van der Waals surface area contributed by atoms with Crippen molar-refractivity contribution in [3.05, 3.63) is 51.6 Å². The molecule has 0 radical (unpaired) electrons. The number of methoxy groups -OCH3 is 1. The molecule has 1 N–H and O–H groups in total. The first kappa shape index (κ1) is 18.6. The van der Waals surface area contributed by atoms with Gasteiger partial charge in [0.05, 0.1) is 12.0 Å². The molecule has 0 saturated carbocycles. The Morgan fingerprint density at radius 1 is 1.31 bits per heavy atom. The number of amides is 2. The lowest BCUT2D eigenvalue weighted by atomic mass is 10.3. The van der Waals surface area contributed by atoms with Crippen LogP contribution in [0.4, 0.5) is 5.69 Å². The number of carbonyl (C=O) groups is 2. The van der Waals surface area contributed by atoms with Crippen molar-refractivity contribution < 1.29 is 14.3 Å². The van der Waals surface area contributed by atoms with Gasteiger partial charge >= 0.3 is 0 Å². The van der Waals surface area contributed by atoms with Gasteiger partial charge in [-0.3, -0.25) is 14.5 Å². The Bertz CT molecular complexity index is 845. The van der Waals surface area contributed by atoms with Gasteiger partial charge in [0.25, 0.3) is 5.91 Å². The molecule has 2 amide bonds. The van der Waals surface area contributed by atoms with Gasteiger partial charge in [-0.1, -0.05) is 30.0 Å². The lowest BCUT2D eigenvalue weighted by Gasteiger charge is -2.14. The molecule has 1 aliphatic rings. The first-order chi connectivity index (χ1) is 12.6. The van der Waals surface area contributed by atoms with Crippen LogP contribution in [0.5, 0.6) is 5.75 Å². The van der Waals surface area contributed by atoms with E-state index in [2.05, 4.69) is 5.32 Å². The number of anilines is 1. The number of hydrogen-bond donors (Lipinski definition) is 1. The van der Waals surface area contributed by atoms with E-state index in [9.17, 15) is 9.59 Å². The van der Waals surface area contributed by atoms with Crippen LogP contribution in [0.1, 0.15) is 11.3 Å². The molecule has 2 aromatic rings. The van der Waals surface area contributed by atoms with Gasteiger partial charge in [-0.2, -0.15) is 0 Å². The summed E-state index contributed by atoms with van der Waals surface area (Å²) in [5.41, 5.74) is 0.679. The van der Waals surface area contributed by atoms with E-state index in [1.165, 1.54) is 16.7 Å². The average molecular weight is 405 g/mol. The third-order valence-corrected chi connectivity index (χ3v) is 5.82. The van der Waals surface area contributed by atoms with Gasteiger partial charge < -0.3 is 10.1 Å². The van der Waals surface area contributed by atoms with Crippen molar-refractivity contribution in [2.24, 2.45) is 0 Å². The Hall–Kier alpha value is -2.16. The zero-order chi connectivity index (χ0) is 18.5. The van der Waals surface area contributed by atoms with Crippen LogP contribution in [0, 0.1) is 0 Å². The molecule has 0 spiro atoms. The second kappa shape index (κ2) is 8.48. The summed E-state index contributed by atoms with van der Waals surface area (Å²) in [5, 5.41) is 4.75. The fraction of sp³-hybridized carbons (Fsp3) is 0.167. The first-order valence-corrected chi connectivity index (χ1v) is 9.90. The number of ether oxygens (including phenoxy) is 1. The molecule has 3 rings (SSSR count). The molecule has 2 heterocycles. The van der Waals surface area contributed by atoms with E-state index in [0.29, 0.717) is 14.9 Å². The van der Waals surface area contributed by atoms with Gasteiger partial charge in [0.1, 0.15) is 10.1 Å². The van der Waals surface area contributed by atoms with Crippen LogP contribution >= 0.6 is 35.3 Å². The molecule has 134 valence electrons. The lowest BCUT2D eigenvalue weighted by Crippen LogP contribution is -2.31. The molecule has 0 aliphatic carbocycles. The van der Waals surface area contributed by atoms with Crippen LogP contribution < -0.4 is 10.1 Å². The van der Waals surface area contributed by atoms with Gasteiger partial charge in [-0.25, -0.2) is 0 Å². The molecular weight excluding hydrogens is 388 g/mol. The highest BCUT2D eigenvalue weighted by Crippen LogP contribution is 2.33. The number of thiophene rings is 1. The summed E-state index contributed by atoms with van der Waals surface area (Å²) < 4.78 is 5.56. The predicted octanol–water partition coefficient (Wildman–Crippen LogP) is 3.99. The summed E-state index contributed by atoms with van der Waals surface area (Å²) in [6, 6.07) is 10.9.